The quantitative estimate of drug-likeness (QED) is 0.0931. The Kier molecular flexibility index (Phi) is 15.1. The molecule has 5 heteroatoms. The van der Waals surface area contributed by atoms with Crippen molar-refractivity contribution in [1.29, 1.82) is 0 Å². The second-order valence-corrected chi connectivity index (χ2v) is 20.3. The third-order valence-corrected chi connectivity index (χ3v) is 16.5. The maximum Gasteiger partial charge on any atom is 0.0653 e. The van der Waals surface area contributed by atoms with E-state index < -0.39 is 0 Å². The summed E-state index contributed by atoms with van der Waals surface area (Å²) in [6.45, 7) is 21.2. The van der Waals surface area contributed by atoms with Gasteiger partial charge in [0.2, 0.25) is 0 Å². The fraction of sp³-hybridized carbons (Fsp3) is 0.328. The van der Waals surface area contributed by atoms with Gasteiger partial charge in [0.15, 0.2) is 0 Å². The molecule has 10 rings (SSSR count). The van der Waals surface area contributed by atoms with Crippen LogP contribution in [0.3, 0.4) is 0 Å². The maximum atomic E-state index is 5.53. The van der Waals surface area contributed by atoms with Gasteiger partial charge in [-0.25, -0.2) is 0 Å². The van der Waals surface area contributed by atoms with Crippen molar-refractivity contribution in [3.05, 3.63) is 209 Å². The first-order valence-electron chi connectivity index (χ1n) is 27.4. The number of aliphatic imine (C=N–C) groups is 1. The van der Waals surface area contributed by atoms with Gasteiger partial charge in [-0.15, -0.1) is 0 Å². The van der Waals surface area contributed by atoms with Crippen molar-refractivity contribution in [1.82, 2.24) is 0 Å². The lowest BCUT2D eigenvalue weighted by atomic mass is 9.80. The van der Waals surface area contributed by atoms with Crippen LogP contribution >= 0.6 is 0 Å². The molecule has 6 aromatic carbocycles. The Labute approximate surface area is 431 Å². The molecule has 72 heavy (non-hydrogen) atoms. The number of hydrogen-bond donors (Lipinski definition) is 1. The van der Waals surface area contributed by atoms with Gasteiger partial charge in [0.1, 0.15) is 0 Å². The Bertz CT molecular complexity index is 2950. The van der Waals surface area contributed by atoms with Crippen molar-refractivity contribution < 1.29 is 0 Å². The van der Waals surface area contributed by atoms with Crippen molar-refractivity contribution in [2.75, 3.05) is 72.4 Å². The molecule has 2 saturated carbocycles. The zero-order chi connectivity index (χ0) is 49.6. The topological polar surface area (TPSA) is 34.1 Å². The molecule has 4 aliphatic rings. The van der Waals surface area contributed by atoms with Gasteiger partial charge in [0, 0.05) is 86.1 Å². The summed E-state index contributed by atoms with van der Waals surface area (Å²) in [7, 11) is 0. The fourth-order valence-corrected chi connectivity index (χ4v) is 12.8. The standard InChI is InChI=1S/C67H75N5/c1-7-70(8-2)54-32-26-49(27-33-54)66(48-20-14-13-15-21-48)61-38-40-64(59-24-18-16-22-57(59)61)68-45-52-42-47-43-53(63(52)44-47)46-69-65-41-39-62(58-23-17-19-25-60(58)65)67(50-28-34-55(35-29-50)71(9-3)10-4)51-30-36-56(37-31-51)72(11-5)12-6/h14-41,47,52-53,63,68H,7-13,42-46H2,1-6H3. The highest BCUT2D eigenvalue weighted by atomic mass is 15.1. The molecule has 0 amide bonds. The van der Waals surface area contributed by atoms with Crippen molar-refractivity contribution in [3.8, 4) is 0 Å². The average Bonchev–Trinajstić information content (AvgIpc) is 4.04. The third-order valence-electron chi connectivity index (χ3n) is 16.5. The number of allylic oxidation sites excluding steroid dienone is 8. The zero-order valence-corrected chi connectivity index (χ0v) is 43.7. The molecule has 2 fully saturated rings. The highest BCUT2D eigenvalue weighted by Gasteiger charge is 2.45. The van der Waals surface area contributed by atoms with E-state index in [1.165, 1.54) is 108 Å². The van der Waals surface area contributed by atoms with E-state index >= 15 is 0 Å². The molecule has 0 radical (unpaired) electrons. The lowest BCUT2D eigenvalue weighted by molar-refractivity contribution is 0.254. The fourth-order valence-electron chi connectivity index (χ4n) is 12.8. The largest absolute Gasteiger partial charge is 0.384 e. The molecule has 6 aromatic rings. The Morgan fingerprint density at radius 1 is 0.500 bits per heavy atom. The molecule has 0 aliphatic heterocycles. The minimum absolute atomic E-state index is 0.600. The van der Waals surface area contributed by atoms with Crippen molar-refractivity contribution in [2.24, 2.45) is 28.7 Å². The van der Waals surface area contributed by atoms with Crippen molar-refractivity contribution >= 4 is 56.0 Å². The van der Waals surface area contributed by atoms with E-state index in [2.05, 4.69) is 231 Å². The molecule has 4 unspecified atom stereocenters. The van der Waals surface area contributed by atoms with Crippen LogP contribution in [0.4, 0.5) is 22.7 Å². The number of rotatable bonds is 18. The molecule has 4 atom stereocenters. The highest BCUT2D eigenvalue weighted by Crippen LogP contribution is 2.52. The molecular weight excluding hydrogens is 875 g/mol. The van der Waals surface area contributed by atoms with E-state index in [0.29, 0.717) is 17.8 Å². The number of anilines is 4. The Balaban J connectivity index is 0.898. The number of nitrogens with one attached hydrogen (secondary N) is 1. The molecule has 5 nitrogen and oxygen atoms in total. The molecule has 0 heterocycles. The van der Waals surface area contributed by atoms with E-state index in [0.717, 1.165) is 70.4 Å². The number of benzene rings is 6. The van der Waals surface area contributed by atoms with Gasteiger partial charge in [-0.05, 0) is 195 Å². The number of nitrogens with zero attached hydrogens (tertiary/aromatic N) is 4. The van der Waals surface area contributed by atoms with Crippen LogP contribution < -0.4 is 20.0 Å². The Morgan fingerprint density at radius 2 is 1.01 bits per heavy atom. The van der Waals surface area contributed by atoms with Crippen LogP contribution in [0.15, 0.2) is 180 Å². The summed E-state index contributed by atoms with van der Waals surface area (Å²) in [6.07, 6.45) is 18.7. The Hall–Kier alpha value is -6.85. The van der Waals surface area contributed by atoms with Gasteiger partial charge >= 0.3 is 0 Å². The van der Waals surface area contributed by atoms with Crippen LogP contribution in [0.1, 0.15) is 101 Å². The molecule has 0 saturated heterocycles. The molecule has 1 N–H and O–H groups in total. The lowest BCUT2D eigenvalue weighted by Crippen LogP contribution is -2.28. The van der Waals surface area contributed by atoms with Crippen LogP contribution in [0.2, 0.25) is 0 Å². The Morgan fingerprint density at radius 3 is 1.57 bits per heavy atom. The number of fused-ring (bicyclic) bond motifs is 4. The van der Waals surface area contributed by atoms with Gasteiger partial charge in [-0.2, -0.15) is 0 Å². The number of hydrogen-bond acceptors (Lipinski definition) is 5. The van der Waals surface area contributed by atoms with Crippen LogP contribution in [-0.4, -0.2) is 58.1 Å². The lowest BCUT2D eigenvalue weighted by Gasteiger charge is -2.30. The normalized spacial score (nSPS) is 19.3. The summed E-state index contributed by atoms with van der Waals surface area (Å²) in [5, 5.41) is 6.61. The summed E-state index contributed by atoms with van der Waals surface area (Å²) >= 11 is 0. The van der Waals surface area contributed by atoms with Gasteiger partial charge in [-0.3, -0.25) is 4.99 Å². The SMILES string of the molecule is CCN(CC)c1ccc(C(=C2C=CC(=NCC3CC4CC(CNc5ccc(C(=C6C=CCC=C6)c6ccc(N(CC)CC)cc6)c6ccccc56)C3C4)c3ccccc32)c2ccc(N(CC)CC)cc2)cc1. The zero-order valence-electron chi connectivity index (χ0n) is 43.7. The van der Waals surface area contributed by atoms with Gasteiger partial charge < -0.3 is 20.0 Å². The molecule has 0 spiro atoms. The monoisotopic (exact) mass is 950 g/mol. The summed E-state index contributed by atoms with van der Waals surface area (Å²) < 4.78 is 0. The molecule has 0 aromatic heterocycles. The first kappa shape index (κ1) is 48.8. The van der Waals surface area contributed by atoms with Gasteiger partial charge in [0.05, 0.1) is 5.71 Å². The van der Waals surface area contributed by atoms with E-state index in [1.54, 1.807) is 0 Å². The summed E-state index contributed by atoms with van der Waals surface area (Å²) in [5.41, 5.74) is 18.7. The van der Waals surface area contributed by atoms with Crippen molar-refractivity contribution in [2.45, 2.75) is 67.2 Å². The predicted octanol–water partition coefficient (Wildman–Crippen LogP) is 15.8. The van der Waals surface area contributed by atoms with Crippen LogP contribution in [0.25, 0.3) is 27.5 Å². The molecule has 4 aliphatic carbocycles. The smallest absolute Gasteiger partial charge is 0.0653 e. The minimum atomic E-state index is 0.600. The second-order valence-electron chi connectivity index (χ2n) is 20.3. The van der Waals surface area contributed by atoms with Crippen molar-refractivity contribution in [3.63, 3.8) is 0 Å². The van der Waals surface area contributed by atoms with Crippen LogP contribution in [0, 0.1) is 23.7 Å². The summed E-state index contributed by atoms with van der Waals surface area (Å²) in [5.74, 6) is 2.71. The first-order chi connectivity index (χ1) is 35.4. The van der Waals surface area contributed by atoms with Gasteiger partial charge in [0.25, 0.3) is 0 Å². The molecule has 2 bridgehead atoms. The second kappa shape index (κ2) is 22.3. The van der Waals surface area contributed by atoms with Gasteiger partial charge in [-0.1, -0.05) is 121 Å². The summed E-state index contributed by atoms with van der Waals surface area (Å²) in [6, 6.07) is 50.4. The molecule has 368 valence electrons. The minimum Gasteiger partial charge on any atom is -0.384 e. The van der Waals surface area contributed by atoms with E-state index in [1.807, 2.05) is 0 Å². The third kappa shape index (κ3) is 9.88. The first-order valence-corrected chi connectivity index (χ1v) is 27.4. The van der Waals surface area contributed by atoms with Crippen LogP contribution in [-0.2, 0) is 0 Å². The highest BCUT2D eigenvalue weighted by molar-refractivity contribution is 6.19. The summed E-state index contributed by atoms with van der Waals surface area (Å²) in [4.78, 5) is 12.8. The van der Waals surface area contributed by atoms with E-state index in [-0.39, 0.29) is 0 Å². The van der Waals surface area contributed by atoms with E-state index in [4.69, 9.17) is 4.99 Å². The van der Waals surface area contributed by atoms with Crippen LogP contribution in [0.5, 0.6) is 0 Å². The molecular formula is C67H75N5. The average molecular weight is 950 g/mol. The maximum absolute atomic E-state index is 5.53. The predicted molar refractivity (Wildman–Crippen MR) is 312 cm³/mol. The van der Waals surface area contributed by atoms with E-state index in [9.17, 15) is 0 Å².